The van der Waals surface area contributed by atoms with Gasteiger partial charge in [0.05, 0.1) is 6.07 Å². The van der Waals surface area contributed by atoms with Crippen LogP contribution in [0.2, 0.25) is 0 Å². The second-order valence-electron chi connectivity index (χ2n) is 5.40. The number of nitrogens with zero attached hydrogens (tertiary/aromatic N) is 1. The minimum atomic E-state index is -0.676. The number of carbonyl (C=O) groups excluding carboxylic acids is 1. The van der Waals surface area contributed by atoms with Crippen molar-refractivity contribution in [1.29, 1.82) is 5.26 Å². The number of nitriles is 1. The third-order valence-corrected chi connectivity index (χ3v) is 4.68. The molecule has 112 valence electrons. The summed E-state index contributed by atoms with van der Waals surface area (Å²) in [6.45, 7) is 0.491. The van der Waals surface area contributed by atoms with Gasteiger partial charge in [0.15, 0.2) is 0 Å². The fraction of sp³-hybridized carbons (Fsp3) is 0.294. The van der Waals surface area contributed by atoms with Crippen molar-refractivity contribution in [3.63, 3.8) is 0 Å². The zero-order valence-corrected chi connectivity index (χ0v) is 12.9. The summed E-state index contributed by atoms with van der Waals surface area (Å²) in [5, 5.41) is 14.0. The lowest BCUT2D eigenvalue weighted by atomic mass is 9.78. The van der Waals surface area contributed by atoms with Crippen molar-refractivity contribution in [1.82, 2.24) is 5.32 Å². The second kappa shape index (κ2) is 6.20. The van der Waals surface area contributed by atoms with E-state index in [2.05, 4.69) is 11.4 Å². The maximum atomic E-state index is 12.3. The molecular formula is C17H16N2O2S. The lowest BCUT2D eigenvalue weighted by molar-refractivity contribution is 0.0881. The van der Waals surface area contributed by atoms with Crippen molar-refractivity contribution in [2.45, 2.75) is 31.4 Å². The van der Waals surface area contributed by atoms with Crippen LogP contribution in [0.5, 0.6) is 5.75 Å². The van der Waals surface area contributed by atoms with E-state index in [1.165, 1.54) is 0 Å². The van der Waals surface area contributed by atoms with Crippen molar-refractivity contribution < 1.29 is 9.53 Å². The van der Waals surface area contributed by atoms with Crippen molar-refractivity contribution in [3.05, 3.63) is 52.2 Å². The van der Waals surface area contributed by atoms with Crippen molar-refractivity contribution in [3.8, 4) is 11.8 Å². The van der Waals surface area contributed by atoms with Gasteiger partial charge in [-0.2, -0.15) is 5.26 Å². The molecule has 22 heavy (non-hydrogen) atoms. The van der Waals surface area contributed by atoms with E-state index < -0.39 is 5.54 Å². The van der Waals surface area contributed by atoms with Gasteiger partial charge in [-0.15, -0.1) is 11.3 Å². The molecule has 5 heteroatoms. The Morgan fingerprint density at radius 3 is 2.86 bits per heavy atom. The van der Waals surface area contributed by atoms with Gasteiger partial charge >= 0.3 is 0 Å². The van der Waals surface area contributed by atoms with E-state index in [-0.39, 0.29) is 5.91 Å². The number of thiophene rings is 1. The van der Waals surface area contributed by atoms with Crippen LogP contribution in [0.3, 0.4) is 0 Å². The fourth-order valence-corrected chi connectivity index (χ4v) is 2.98. The van der Waals surface area contributed by atoms with E-state index in [9.17, 15) is 10.1 Å². The van der Waals surface area contributed by atoms with Crippen LogP contribution >= 0.6 is 11.3 Å². The third-order valence-electron chi connectivity index (χ3n) is 3.83. The first-order valence-electron chi connectivity index (χ1n) is 7.20. The molecule has 1 heterocycles. The molecule has 1 amide bonds. The van der Waals surface area contributed by atoms with Gasteiger partial charge < -0.3 is 10.1 Å². The van der Waals surface area contributed by atoms with Gasteiger partial charge in [-0.25, -0.2) is 0 Å². The summed E-state index contributed by atoms with van der Waals surface area (Å²) in [4.78, 5) is 13.4. The molecule has 1 saturated carbocycles. The van der Waals surface area contributed by atoms with Gasteiger partial charge in [-0.05, 0) is 48.9 Å². The van der Waals surface area contributed by atoms with Gasteiger partial charge in [0.2, 0.25) is 0 Å². The van der Waals surface area contributed by atoms with Gasteiger partial charge in [-0.1, -0.05) is 12.1 Å². The first-order valence-corrected chi connectivity index (χ1v) is 8.08. The highest BCUT2D eigenvalue weighted by atomic mass is 32.1. The maximum Gasteiger partial charge on any atom is 0.252 e. The highest BCUT2D eigenvalue weighted by molar-refractivity contribution is 7.09. The van der Waals surface area contributed by atoms with Gasteiger partial charge in [0.1, 0.15) is 17.9 Å². The van der Waals surface area contributed by atoms with Crippen molar-refractivity contribution in [2.24, 2.45) is 0 Å². The summed E-state index contributed by atoms with van der Waals surface area (Å²) in [6, 6.07) is 13.3. The Kier molecular flexibility index (Phi) is 4.12. The minimum absolute atomic E-state index is 0.220. The van der Waals surface area contributed by atoms with Crippen molar-refractivity contribution >= 4 is 17.2 Å². The molecule has 0 radical (unpaired) electrons. The highest BCUT2D eigenvalue weighted by Gasteiger charge is 2.38. The first kappa shape index (κ1) is 14.6. The molecule has 0 aliphatic heterocycles. The average Bonchev–Trinajstić information content (AvgIpc) is 3.02. The summed E-state index contributed by atoms with van der Waals surface area (Å²) in [6.07, 6.45) is 2.44. The van der Waals surface area contributed by atoms with Crippen LogP contribution in [0.25, 0.3) is 0 Å². The third kappa shape index (κ3) is 3.12. The molecule has 0 atom stereocenters. The number of benzene rings is 1. The van der Waals surface area contributed by atoms with Crippen LogP contribution in [0.1, 0.15) is 34.5 Å². The van der Waals surface area contributed by atoms with Crippen LogP contribution < -0.4 is 10.1 Å². The Morgan fingerprint density at radius 2 is 2.23 bits per heavy atom. The molecule has 3 rings (SSSR count). The molecule has 1 N–H and O–H groups in total. The van der Waals surface area contributed by atoms with E-state index in [0.717, 1.165) is 24.1 Å². The van der Waals surface area contributed by atoms with E-state index in [1.54, 1.807) is 29.5 Å². The average molecular weight is 312 g/mol. The topological polar surface area (TPSA) is 62.1 Å². The normalized spacial score (nSPS) is 15.4. The predicted octanol–water partition coefficient (Wildman–Crippen LogP) is 3.50. The Bertz CT molecular complexity index is 700. The van der Waals surface area contributed by atoms with Crippen LogP contribution in [-0.4, -0.2) is 11.4 Å². The Balaban J connectivity index is 1.65. The molecule has 0 bridgehead atoms. The van der Waals surface area contributed by atoms with Crippen LogP contribution in [0.15, 0.2) is 41.8 Å². The van der Waals surface area contributed by atoms with Crippen LogP contribution in [-0.2, 0) is 6.61 Å². The fourth-order valence-electron chi connectivity index (χ4n) is 2.36. The van der Waals surface area contributed by atoms with Crippen LogP contribution in [0, 0.1) is 11.3 Å². The van der Waals surface area contributed by atoms with Gasteiger partial charge in [-0.3, -0.25) is 4.79 Å². The van der Waals surface area contributed by atoms with Gasteiger partial charge in [0, 0.05) is 10.4 Å². The molecule has 0 spiro atoms. The van der Waals surface area contributed by atoms with E-state index >= 15 is 0 Å². The Labute approximate surface area is 133 Å². The lowest BCUT2D eigenvalue weighted by Crippen LogP contribution is -2.52. The number of hydrogen-bond acceptors (Lipinski definition) is 4. The highest BCUT2D eigenvalue weighted by Crippen LogP contribution is 2.31. The predicted molar refractivity (Wildman–Crippen MR) is 84.8 cm³/mol. The van der Waals surface area contributed by atoms with E-state index in [0.29, 0.717) is 17.9 Å². The molecule has 4 nitrogen and oxygen atoms in total. The minimum Gasteiger partial charge on any atom is -0.488 e. The summed E-state index contributed by atoms with van der Waals surface area (Å²) in [7, 11) is 0. The quantitative estimate of drug-likeness (QED) is 0.919. The van der Waals surface area contributed by atoms with Gasteiger partial charge in [0.25, 0.3) is 5.91 Å². The molecule has 1 aromatic heterocycles. The zero-order chi connectivity index (χ0) is 15.4. The number of amides is 1. The van der Waals surface area contributed by atoms with Crippen molar-refractivity contribution in [2.75, 3.05) is 0 Å². The molecule has 0 saturated heterocycles. The number of hydrogen-bond donors (Lipinski definition) is 1. The number of nitrogens with one attached hydrogen (secondary N) is 1. The Hall–Kier alpha value is -2.32. The molecule has 1 aromatic carbocycles. The summed E-state index contributed by atoms with van der Waals surface area (Å²) in [5.41, 5.74) is -0.157. The summed E-state index contributed by atoms with van der Waals surface area (Å²) < 4.78 is 5.70. The standard InChI is InChI=1S/C17H16N2O2S/c18-12-17(7-3-8-17)19-16(20)13-4-1-5-14(10-13)21-11-15-6-2-9-22-15/h1-2,4-6,9-10H,3,7-8,11H2,(H,19,20). The SMILES string of the molecule is N#CC1(NC(=O)c2cccc(OCc3cccs3)c2)CCC1. The summed E-state index contributed by atoms with van der Waals surface area (Å²) in [5.74, 6) is 0.434. The van der Waals surface area contributed by atoms with E-state index in [1.807, 2.05) is 23.6 Å². The molecule has 1 fully saturated rings. The molecule has 2 aromatic rings. The number of rotatable bonds is 5. The zero-order valence-electron chi connectivity index (χ0n) is 12.0. The molecular weight excluding hydrogens is 296 g/mol. The van der Waals surface area contributed by atoms with E-state index in [4.69, 9.17) is 4.74 Å². The van der Waals surface area contributed by atoms with Crippen LogP contribution in [0.4, 0.5) is 0 Å². The smallest absolute Gasteiger partial charge is 0.252 e. The summed E-state index contributed by atoms with van der Waals surface area (Å²) >= 11 is 1.63. The monoisotopic (exact) mass is 312 g/mol. The maximum absolute atomic E-state index is 12.3. The molecule has 1 aliphatic carbocycles. The number of ether oxygens (including phenoxy) is 1. The molecule has 1 aliphatic rings. The first-order chi connectivity index (χ1) is 10.7. The second-order valence-corrected chi connectivity index (χ2v) is 6.43. The Morgan fingerprint density at radius 1 is 1.36 bits per heavy atom. The number of carbonyl (C=O) groups is 1. The lowest BCUT2D eigenvalue weighted by Gasteiger charge is -2.35. The largest absolute Gasteiger partial charge is 0.488 e. The molecule has 0 unspecified atom stereocenters.